The Kier molecular flexibility index (Phi) is 4.20. The van der Waals surface area contributed by atoms with Crippen LogP contribution in [0.1, 0.15) is 23.8 Å². The lowest BCUT2D eigenvalue weighted by molar-refractivity contribution is 0.417. The summed E-state index contributed by atoms with van der Waals surface area (Å²) in [6.45, 7) is 0. The number of aromatic nitrogens is 1. The van der Waals surface area contributed by atoms with Gasteiger partial charge in [-0.3, -0.25) is 10.8 Å². The van der Waals surface area contributed by atoms with Gasteiger partial charge in [0.25, 0.3) is 0 Å². The molecule has 3 aromatic rings. The van der Waals surface area contributed by atoms with Gasteiger partial charge in [0.05, 0.1) is 11.1 Å². The van der Waals surface area contributed by atoms with Crippen molar-refractivity contribution in [3.63, 3.8) is 0 Å². The van der Waals surface area contributed by atoms with Crippen LogP contribution in [0, 0.1) is 0 Å². The van der Waals surface area contributed by atoms with E-state index in [1.54, 1.807) is 12.4 Å². The molecule has 0 aliphatic rings. The maximum absolute atomic E-state index is 6.14. The Hall–Kier alpha value is -1.88. The lowest BCUT2D eigenvalue weighted by Crippen LogP contribution is -2.28. The first-order valence-corrected chi connectivity index (χ1v) is 7.18. The molecule has 0 radical (unpaired) electrons. The summed E-state index contributed by atoms with van der Waals surface area (Å²) < 4.78 is 5.85. The van der Waals surface area contributed by atoms with E-state index in [1.165, 1.54) is 5.56 Å². The normalized spacial score (nSPS) is 12.7. The van der Waals surface area contributed by atoms with Crippen molar-refractivity contribution in [1.29, 1.82) is 0 Å². The first-order chi connectivity index (χ1) is 10.3. The van der Waals surface area contributed by atoms with Crippen LogP contribution in [-0.2, 0) is 6.42 Å². The van der Waals surface area contributed by atoms with Crippen LogP contribution in [-0.4, -0.2) is 4.98 Å². The molecule has 1 aromatic carbocycles. The number of hydrogen-bond donors (Lipinski definition) is 2. The van der Waals surface area contributed by atoms with Crippen molar-refractivity contribution >= 4 is 22.6 Å². The maximum Gasteiger partial charge on any atom is 0.152 e. The number of pyridine rings is 1. The number of benzene rings is 1. The fourth-order valence-electron chi connectivity index (χ4n) is 2.39. The lowest BCUT2D eigenvalue weighted by atomic mass is 10.0. The first kappa shape index (κ1) is 14.1. The van der Waals surface area contributed by atoms with E-state index in [4.69, 9.17) is 21.9 Å². The number of para-hydroxylation sites is 1. The minimum absolute atomic E-state index is 0.0540. The van der Waals surface area contributed by atoms with Crippen molar-refractivity contribution in [2.45, 2.75) is 18.9 Å². The van der Waals surface area contributed by atoms with Gasteiger partial charge in [-0.2, -0.15) is 0 Å². The Bertz CT molecular complexity index is 727. The van der Waals surface area contributed by atoms with Crippen LogP contribution >= 0.6 is 11.6 Å². The zero-order valence-corrected chi connectivity index (χ0v) is 12.2. The van der Waals surface area contributed by atoms with E-state index >= 15 is 0 Å². The van der Waals surface area contributed by atoms with E-state index in [0.717, 1.165) is 24.0 Å². The summed E-state index contributed by atoms with van der Waals surface area (Å²) in [5.74, 6) is 6.47. The summed E-state index contributed by atoms with van der Waals surface area (Å²) >= 11 is 6.14. The Balaban J connectivity index is 1.80. The van der Waals surface area contributed by atoms with Crippen LogP contribution in [0.5, 0.6) is 0 Å². The number of fused-ring (bicyclic) bond motifs is 1. The molecule has 108 valence electrons. The molecule has 3 rings (SSSR count). The Morgan fingerprint density at radius 2 is 2.05 bits per heavy atom. The predicted molar refractivity (Wildman–Crippen MR) is 83.8 cm³/mol. The molecular formula is C16H16ClN3O. The summed E-state index contributed by atoms with van der Waals surface area (Å²) in [6.07, 6.45) is 5.31. The second-order valence-electron chi connectivity index (χ2n) is 4.92. The molecule has 0 spiro atoms. The van der Waals surface area contributed by atoms with E-state index in [1.807, 2.05) is 36.4 Å². The number of aryl methyl sites for hydroxylation is 1. The van der Waals surface area contributed by atoms with E-state index < -0.39 is 0 Å². The molecule has 21 heavy (non-hydrogen) atoms. The lowest BCUT2D eigenvalue weighted by Gasteiger charge is -2.12. The summed E-state index contributed by atoms with van der Waals surface area (Å²) in [4.78, 5) is 4.02. The molecule has 0 aliphatic carbocycles. The number of hydrogen-bond acceptors (Lipinski definition) is 4. The Morgan fingerprint density at radius 1 is 1.24 bits per heavy atom. The topological polar surface area (TPSA) is 64.1 Å². The van der Waals surface area contributed by atoms with Gasteiger partial charge in [0.15, 0.2) is 5.58 Å². The molecule has 2 heterocycles. The number of hydrazine groups is 1. The summed E-state index contributed by atoms with van der Waals surface area (Å²) in [6, 6.07) is 11.6. The van der Waals surface area contributed by atoms with E-state index in [2.05, 4.69) is 10.4 Å². The number of furan rings is 1. The van der Waals surface area contributed by atoms with Gasteiger partial charge in [0.2, 0.25) is 0 Å². The van der Waals surface area contributed by atoms with Crippen molar-refractivity contribution in [2.24, 2.45) is 5.84 Å². The number of nitrogens with two attached hydrogens (primary N) is 1. The molecule has 3 N–H and O–H groups in total. The van der Waals surface area contributed by atoms with Gasteiger partial charge in [0.1, 0.15) is 5.76 Å². The molecule has 4 nitrogen and oxygen atoms in total. The second kappa shape index (κ2) is 6.26. The third-order valence-electron chi connectivity index (χ3n) is 3.53. The number of nitrogens with one attached hydrogen (secondary N) is 1. The van der Waals surface area contributed by atoms with Crippen LogP contribution in [0.2, 0.25) is 5.02 Å². The van der Waals surface area contributed by atoms with Crippen molar-refractivity contribution in [3.8, 4) is 0 Å². The second-order valence-corrected chi connectivity index (χ2v) is 5.33. The quantitative estimate of drug-likeness (QED) is 0.558. The van der Waals surface area contributed by atoms with Crippen LogP contribution in [0.25, 0.3) is 11.0 Å². The van der Waals surface area contributed by atoms with Gasteiger partial charge in [-0.1, -0.05) is 23.7 Å². The van der Waals surface area contributed by atoms with Gasteiger partial charge in [0, 0.05) is 17.8 Å². The fraction of sp³-hybridized carbons (Fsp3) is 0.188. The number of nitrogens with zero attached hydrogens (tertiary/aromatic N) is 1. The monoisotopic (exact) mass is 301 g/mol. The van der Waals surface area contributed by atoms with E-state index in [-0.39, 0.29) is 6.04 Å². The largest absolute Gasteiger partial charge is 0.458 e. The molecular weight excluding hydrogens is 286 g/mol. The number of rotatable bonds is 5. The van der Waals surface area contributed by atoms with Crippen molar-refractivity contribution in [2.75, 3.05) is 0 Å². The molecule has 0 saturated heterocycles. The highest BCUT2D eigenvalue weighted by Gasteiger charge is 2.16. The first-order valence-electron chi connectivity index (χ1n) is 6.81. The van der Waals surface area contributed by atoms with Gasteiger partial charge >= 0.3 is 0 Å². The van der Waals surface area contributed by atoms with Crippen molar-refractivity contribution in [1.82, 2.24) is 10.4 Å². The van der Waals surface area contributed by atoms with Gasteiger partial charge in [-0.05, 0) is 42.7 Å². The minimum atomic E-state index is -0.0540. The molecule has 0 bridgehead atoms. The molecule has 2 aromatic heterocycles. The maximum atomic E-state index is 6.14. The molecule has 1 atom stereocenters. The zero-order chi connectivity index (χ0) is 14.7. The van der Waals surface area contributed by atoms with Crippen molar-refractivity contribution in [3.05, 3.63) is 65.1 Å². The fourth-order valence-corrected chi connectivity index (χ4v) is 2.61. The van der Waals surface area contributed by atoms with Crippen LogP contribution in [0.3, 0.4) is 0 Å². The Morgan fingerprint density at radius 3 is 2.76 bits per heavy atom. The number of halogens is 1. The summed E-state index contributed by atoms with van der Waals surface area (Å²) in [7, 11) is 0. The SMILES string of the molecule is NNC(CCc1ccncc1)c1cc2cccc(Cl)c2o1. The summed E-state index contributed by atoms with van der Waals surface area (Å²) in [5, 5.41) is 1.60. The Labute approximate surface area is 127 Å². The third-order valence-corrected chi connectivity index (χ3v) is 3.83. The molecule has 1 unspecified atom stereocenters. The molecule has 0 aliphatic heterocycles. The van der Waals surface area contributed by atoms with Crippen molar-refractivity contribution < 1.29 is 4.42 Å². The highest BCUT2D eigenvalue weighted by Crippen LogP contribution is 2.30. The molecule has 0 fully saturated rings. The average molecular weight is 302 g/mol. The zero-order valence-electron chi connectivity index (χ0n) is 11.4. The smallest absolute Gasteiger partial charge is 0.152 e. The van der Waals surface area contributed by atoms with Gasteiger partial charge in [-0.25, -0.2) is 5.43 Å². The standard InChI is InChI=1S/C16H16ClN3O/c17-13-3-1-2-12-10-15(21-16(12)13)14(20-18)5-4-11-6-8-19-9-7-11/h1-3,6-10,14,20H,4-5,18H2. The summed E-state index contributed by atoms with van der Waals surface area (Å²) in [5.41, 5.74) is 4.75. The highest BCUT2D eigenvalue weighted by atomic mass is 35.5. The van der Waals surface area contributed by atoms with Crippen LogP contribution in [0.15, 0.2) is 53.2 Å². The van der Waals surface area contributed by atoms with Crippen LogP contribution < -0.4 is 11.3 Å². The average Bonchev–Trinajstić information content (AvgIpc) is 2.94. The molecule has 0 amide bonds. The third kappa shape index (κ3) is 3.08. The highest BCUT2D eigenvalue weighted by molar-refractivity contribution is 6.34. The van der Waals surface area contributed by atoms with Crippen LogP contribution in [0.4, 0.5) is 0 Å². The van der Waals surface area contributed by atoms with Gasteiger partial charge < -0.3 is 4.42 Å². The predicted octanol–water partition coefficient (Wildman–Crippen LogP) is 3.62. The van der Waals surface area contributed by atoms with Gasteiger partial charge in [-0.15, -0.1) is 0 Å². The van der Waals surface area contributed by atoms with E-state index in [9.17, 15) is 0 Å². The molecule has 0 saturated carbocycles. The minimum Gasteiger partial charge on any atom is -0.458 e. The van der Waals surface area contributed by atoms with E-state index in [0.29, 0.717) is 10.6 Å². The molecule has 5 heteroatoms.